The molecule has 232 valence electrons. The van der Waals surface area contributed by atoms with Crippen molar-refractivity contribution in [2.45, 2.75) is 0 Å². The average molecular weight is 609 g/mol. The summed E-state index contributed by atoms with van der Waals surface area (Å²) in [5.41, 5.74) is 1.00. The normalized spacial score (nSPS) is 15.8. The Balaban J connectivity index is 1.64. The maximum absolute atomic E-state index is 13.2. The van der Waals surface area contributed by atoms with Crippen molar-refractivity contribution in [2.24, 2.45) is 0 Å². The third-order valence-electron chi connectivity index (χ3n) is 6.93. The molecule has 1 heterocycles. The molecule has 0 amide bonds. The molecule has 14 nitrogen and oxygen atoms in total. The van der Waals surface area contributed by atoms with Crippen molar-refractivity contribution in [3.05, 3.63) is 92.0 Å². The second-order valence-corrected chi connectivity index (χ2v) is 9.80. The first-order valence-electron chi connectivity index (χ1n) is 13.8. The Hall–Kier alpha value is -5.08. The van der Waals surface area contributed by atoms with E-state index in [1.54, 1.807) is 0 Å². The van der Waals surface area contributed by atoms with Crippen molar-refractivity contribution >= 4 is 34.7 Å². The van der Waals surface area contributed by atoms with E-state index in [9.17, 15) is 29.8 Å². The number of nitro benzene ring substituents is 2. The van der Waals surface area contributed by atoms with Crippen LogP contribution in [0.1, 0.15) is 20.7 Å². The van der Waals surface area contributed by atoms with E-state index in [0.29, 0.717) is 26.3 Å². The molecule has 0 unspecified atom stereocenters. The Morgan fingerprint density at radius 1 is 0.591 bits per heavy atom. The van der Waals surface area contributed by atoms with E-state index in [-0.39, 0.29) is 60.1 Å². The molecule has 1 aliphatic rings. The molecule has 0 saturated heterocycles. The molecule has 3 aromatic carbocycles. The Labute approximate surface area is 253 Å². The predicted molar refractivity (Wildman–Crippen MR) is 160 cm³/mol. The molecule has 0 fully saturated rings. The first-order valence-corrected chi connectivity index (χ1v) is 13.8. The third kappa shape index (κ3) is 7.85. The molecule has 0 spiro atoms. The number of rotatable bonds is 2. The molecule has 0 radical (unpaired) electrons. The van der Waals surface area contributed by atoms with Crippen LogP contribution in [0.2, 0.25) is 0 Å². The zero-order chi connectivity index (χ0) is 31.6. The number of para-hydroxylation sites is 2. The number of esters is 2. The number of nitro groups is 2. The quantitative estimate of drug-likeness (QED) is 0.233. The summed E-state index contributed by atoms with van der Waals surface area (Å²) in [5.74, 6) is -1.79. The minimum Gasteiger partial charge on any atom is -0.460 e. The zero-order valence-electron chi connectivity index (χ0n) is 24.3. The number of cyclic esters (lactones) is 2. The number of nitrogens with zero attached hydrogens (tertiary/aromatic N) is 4. The lowest BCUT2D eigenvalue weighted by Gasteiger charge is -2.28. The maximum atomic E-state index is 13.2. The fourth-order valence-corrected chi connectivity index (χ4v) is 4.60. The van der Waals surface area contributed by atoms with E-state index in [2.05, 4.69) is 0 Å². The fraction of sp³-hybridized carbons (Fsp3) is 0.333. The van der Waals surface area contributed by atoms with Gasteiger partial charge >= 0.3 is 11.9 Å². The molecule has 0 saturated carbocycles. The van der Waals surface area contributed by atoms with Crippen LogP contribution < -0.4 is 9.80 Å². The number of ether oxygens (including phenoxy) is 4. The minimum atomic E-state index is -0.894. The summed E-state index contributed by atoms with van der Waals surface area (Å²) in [6, 6.07) is 14.8. The van der Waals surface area contributed by atoms with E-state index >= 15 is 0 Å². The molecule has 44 heavy (non-hydrogen) atoms. The predicted octanol–water partition coefficient (Wildman–Crippen LogP) is 4.10. The molecule has 0 bridgehead atoms. The highest BCUT2D eigenvalue weighted by Crippen LogP contribution is 2.33. The van der Waals surface area contributed by atoms with Gasteiger partial charge in [-0.25, -0.2) is 9.59 Å². The first kappa shape index (κ1) is 31.8. The molecule has 0 N–H and O–H groups in total. The van der Waals surface area contributed by atoms with E-state index in [4.69, 9.17) is 18.9 Å². The van der Waals surface area contributed by atoms with Gasteiger partial charge in [-0.3, -0.25) is 20.2 Å². The summed E-state index contributed by atoms with van der Waals surface area (Å²) in [6.07, 6.45) is 0. The summed E-state index contributed by atoms with van der Waals surface area (Å²) in [5, 5.41) is 23.0. The van der Waals surface area contributed by atoms with Crippen LogP contribution in [-0.4, -0.2) is 88.6 Å². The first-order chi connectivity index (χ1) is 21.2. The lowest BCUT2D eigenvalue weighted by molar-refractivity contribution is -0.385. The Morgan fingerprint density at radius 2 is 1.00 bits per heavy atom. The highest BCUT2D eigenvalue weighted by Gasteiger charge is 2.25. The number of carbonyl (C=O) groups excluding carboxylic acids is 2. The number of fused-ring (bicyclic) bond motifs is 4. The summed E-state index contributed by atoms with van der Waals surface area (Å²) in [6.45, 7) is 1.64. The smallest absolute Gasteiger partial charge is 0.339 e. The fourth-order valence-electron chi connectivity index (χ4n) is 4.60. The van der Waals surface area contributed by atoms with Gasteiger partial charge in [0.25, 0.3) is 11.4 Å². The van der Waals surface area contributed by atoms with Crippen molar-refractivity contribution in [1.29, 1.82) is 0 Å². The maximum Gasteiger partial charge on any atom is 0.339 e. The van der Waals surface area contributed by atoms with Gasteiger partial charge in [0.15, 0.2) is 0 Å². The van der Waals surface area contributed by atoms with Gasteiger partial charge in [0.05, 0.1) is 58.8 Å². The van der Waals surface area contributed by atoms with Crippen LogP contribution in [0.15, 0.2) is 60.7 Å². The minimum absolute atomic E-state index is 0.0673. The van der Waals surface area contributed by atoms with Gasteiger partial charge in [0, 0.05) is 51.5 Å². The molecule has 0 atom stereocenters. The van der Waals surface area contributed by atoms with Crippen molar-refractivity contribution in [3.63, 3.8) is 0 Å². The largest absolute Gasteiger partial charge is 0.460 e. The number of hydrogen-bond acceptors (Lipinski definition) is 12. The lowest BCUT2D eigenvalue weighted by Crippen LogP contribution is -2.28. The van der Waals surface area contributed by atoms with Crippen LogP contribution in [0.4, 0.5) is 22.7 Å². The molecule has 0 aromatic heterocycles. The Kier molecular flexibility index (Phi) is 10.8. The molecular formula is C30H32N4O10. The molecule has 3 aromatic rings. The van der Waals surface area contributed by atoms with Crippen molar-refractivity contribution in [3.8, 4) is 11.1 Å². The van der Waals surface area contributed by atoms with Crippen LogP contribution in [0.5, 0.6) is 0 Å². The van der Waals surface area contributed by atoms with Crippen LogP contribution in [0, 0.1) is 20.2 Å². The number of anilines is 2. The topological polar surface area (TPSA) is 164 Å². The number of likely N-dealkylation sites (N-methyl/N-ethyl adjacent to an activating group) is 2. The van der Waals surface area contributed by atoms with E-state index in [1.807, 2.05) is 48.2 Å². The number of benzene rings is 3. The van der Waals surface area contributed by atoms with Crippen LogP contribution >= 0.6 is 0 Å². The Morgan fingerprint density at radius 3 is 1.39 bits per heavy atom. The Bertz CT molecular complexity index is 1420. The number of carbonyl (C=O) groups is 2. The summed E-state index contributed by atoms with van der Waals surface area (Å²) in [4.78, 5) is 52.0. The van der Waals surface area contributed by atoms with Gasteiger partial charge in [0.1, 0.15) is 13.2 Å². The third-order valence-corrected chi connectivity index (χ3v) is 6.93. The van der Waals surface area contributed by atoms with Crippen LogP contribution in [-0.2, 0) is 18.9 Å². The molecule has 14 heteroatoms. The zero-order valence-corrected chi connectivity index (χ0v) is 24.3. The van der Waals surface area contributed by atoms with Crippen molar-refractivity contribution in [2.75, 3.05) is 76.6 Å². The lowest BCUT2D eigenvalue weighted by atomic mass is 9.94. The summed E-state index contributed by atoms with van der Waals surface area (Å²) in [7, 11) is 3.88. The van der Waals surface area contributed by atoms with Gasteiger partial charge in [-0.15, -0.1) is 0 Å². The van der Waals surface area contributed by atoms with Crippen molar-refractivity contribution in [1.82, 2.24) is 0 Å². The van der Waals surface area contributed by atoms with Crippen LogP contribution in [0.25, 0.3) is 11.1 Å². The van der Waals surface area contributed by atoms with E-state index in [1.165, 1.54) is 12.1 Å². The number of hydrogen-bond donors (Lipinski definition) is 0. The monoisotopic (exact) mass is 608 g/mol. The SMILES string of the molecule is CN1CCOCCOC(=O)c2cc([N+](=O)[O-])ccc2-c2ccc([N+](=O)[O-])cc2C(=O)OCCOCCN(C)c2ccccc21. The van der Waals surface area contributed by atoms with Gasteiger partial charge in [-0.2, -0.15) is 0 Å². The van der Waals surface area contributed by atoms with Gasteiger partial charge in [-0.05, 0) is 35.4 Å². The highest BCUT2D eigenvalue weighted by atomic mass is 16.6. The second-order valence-electron chi connectivity index (χ2n) is 9.80. The standard InChI is InChI=1S/C30H32N4O10/c1-31-11-13-41-15-17-43-29(35)25-19-21(33(37)38)7-9-23(25)24-10-8-22(34(39)40)20-26(24)30(36)44-18-16-42-14-12-32(2)28-6-4-3-5-27(28)31/h3-10,19-20H,11-18H2,1-2H3. The molecular weight excluding hydrogens is 576 g/mol. The van der Waals surface area contributed by atoms with Gasteiger partial charge in [0.2, 0.25) is 0 Å². The van der Waals surface area contributed by atoms with E-state index < -0.39 is 21.8 Å². The van der Waals surface area contributed by atoms with Gasteiger partial charge in [-0.1, -0.05) is 12.1 Å². The summed E-state index contributed by atoms with van der Waals surface area (Å²) < 4.78 is 22.1. The van der Waals surface area contributed by atoms with Crippen molar-refractivity contribution < 1.29 is 38.4 Å². The average Bonchev–Trinajstić information content (AvgIpc) is 3.02. The molecule has 1 aliphatic heterocycles. The summed E-state index contributed by atoms with van der Waals surface area (Å²) >= 11 is 0. The molecule has 4 rings (SSSR count). The van der Waals surface area contributed by atoms with E-state index in [0.717, 1.165) is 35.6 Å². The number of non-ortho nitro benzene ring substituents is 2. The highest BCUT2D eigenvalue weighted by molar-refractivity contribution is 6.04. The van der Waals surface area contributed by atoms with Gasteiger partial charge < -0.3 is 28.7 Å². The molecule has 0 aliphatic carbocycles. The second kappa shape index (κ2) is 14.9. The van der Waals surface area contributed by atoms with Crippen LogP contribution in [0.3, 0.4) is 0 Å².